The SMILES string of the molecule is CCN1C[C@@]2(COC)CC[C@H](OC)[C@@]34[C@@H]1[C@@](O)([C@H](OC(C)=O)[C@@H]23)[C@]1(O)C[C@H](OC)[C@@H]2C[C@H]4[C@H]1[C@H]2OC. The van der Waals surface area contributed by atoms with Crippen molar-refractivity contribution in [3.05, 3.63) is 0 Å². The number of hydrogen-bond acceptors (Lipinski definition) is 9. The number of likely N-dealkylation sites (tertiary alicyclic amines) is 1. The molecule has 5 aliphatic carbocycles. The van der Waals surface area contributed by atoms with Crippen LogP contribution in [0.4, 0.5) is 0 Å². The maximum atomic E-state index is 13.2. The number of carbonyl (C=O) groups is 1. The van der Waals surface area contributed by atoms with E-state index < -0.39 is 34.7 Å². The van der Waals surface area contributed by atoms with Crippen molar-refractivity contribution in [2.45, 2.75) is 81.2 Å². The molecule has 9 nitrogen and oxygen atoms in total. The van der Waals surface area contributed by atoms with Crippen molar-refractivity contribution in [3.63, 3.8) is 0 Å². The summed E-state index contributed by atoms with van der Waals surface area (Å²) in [7, 11) is 6.86. The largest absolute Gasteiger partial charge is 0.459 e. The molecule has 0 aromatic carbocycles. The molecule has 0 aromatic rings. The maximum Gasteiger partial charge on any atom is 0.303 e. The van der Waals surface area contributed by atoms with Gasteiger partial charge in [-0.2, -0.15) is 0 Å². The third kappa shape index (κ3) is 2.55. The van der Waals surface area contributed by atoms with Crippen LogP contribution in [0.2, 0.25) is 0 Å². The summed E-state index contributed by atoms with van der Waals surface area (Å²) in [4.78, 5) is 15.0. The second kappa shape index (κ2) is 8.10. The van der Waals surface area contributed by atoms with E-state index in [2.05, 4.69) is 11.8 Å². The summed E-state index contributed by atoms with van der Waals surface area (Å²) < 4.78 is 30.4. The van der Waals surface area contributed by atoms with E-state index in [9.17, 15) is 15.0 Å². The first-order chi connectivity index (χ1) is 17.2. The third-order valence-corrected chi connectivity index (χ3v) is 11.8. The molecule has 2 N–H and O–H groups in total. The summed E-state index contributed by atoms with van der Waals surface area (Å²) in [5.74, 6) is -0.825. The van der Waals surface area contributed by atoms with Crippen molar-refractivity contribution < 1.29 is 38.7 Å². The minimum absolute atomic E-state index is 0.0178. The maximum absolute atomic E-state index is 13.2. The zero-order chi connectivity index (χ0) is 25.8. The standard InChI is InChI=1S/C27H43NO8/c1-7-28-12-24(13-32-3)9-8-18(34-5)26-16-10-15-17(33-4)11-25(30,19(16)20(15)35-6)27(31,23(26)28)22(21(24)26)36-14(2)29/h15-23,30-31H,7-13H2,1-6H3/t15-,16-,17-,18-,19-,20-,21-,22+,23+,24+,25-,26+,27-/m0/s1. The topological polar surface area (TPSA) is 107 Å². The van der Waals surface area contributed by atoms with Crippen LogP contribution in [0.25, 0.3) is 0 Å². The van der Waals surface area contributed by atoms with Gasteiger partial charge in [0.25, 0.3) is 0 Å². The second-order valence-electron chi connectivity index (χ2n) is 12.5. The van der Waals surface area contributed by atoms with E-state index in [0.29, 0.717) is 13.2 Å². The first kappa shape index (κ1) is 25.5. The average molecular weight is 510 g/mol. The number of aliphatic hydroxyl groups is 2. The van der Waals surface area contributed by atoms with Crippen LogP contribution in [-0.4, -0.2) is 111 Å². The van der Waals surface area contributed by atoms with Gasteiger partial charge >= 0.3 is 5.97 Å². The number of rotatable bonds is 7. The van der Waals surface area contributed by atoms with E-state index in [0.717, 1.165) is 25.8 Å². The van der Waals surface area contributed by atoms with Crippen molar-refractivity contribution in [1.29, 1.82) is 0 Å². The van der Waals surface area contributed by atoms with Gasteiger partial charge in [-0.3, -0.25) is 9.69 Å². The average Bonchev–Trinajstić information content (AvgIpc) is 3.26. The fraction of sp³-hybridized carbons (Fsp3) is 0.963. The lowest BCUT2D eigenvalue weighted by Crippen LogP contribution is -2.82. The van der Waals surface area contributed by atoms with E-state index in [1.54, 1.807) is 28.4 Å². The Hall–Kier alpha value is -0.810. The van der Waals surface area contributed by atoms with Crippen LogP contribution in [0.15, 0.2) is 0 Å². The van der Waals surface area contributed by atoms with Crippen LogP contribution in [-0.2, 0) is 28.5 Å². The summed E-state index contributed by atoms with van der Waals surface area (Å²) in [6.45, 7) is 5.43. The number of esters is 1. The van der Waals surface area contributed by atoms with Gasteiger partial charge in [0.15, 0.2) is 0 Å². The molecule has 13 atom stereocenters. The zero-order valence-corrected chi connectivity index (χ0v) is 22.4. The molecule has 1 spiro atoms. The van der Waals surface area contributed by atoms with Crippen LogP contribution >= 0.6 is 0 Å². The van der Waals surface area contributed by atoms with Crippen LogP contribution in [0, 0.1) is 34.5 Å². The van der Waals surface area contributed by atoms with Gasteiger partial charge in [-0.1, -0.05) is 6.92 Å². The van der Waals surface area contributed by atoms with Gasteiger partial charge in [-0.25, -0.2) is 0 Å². The monoisotopic (exact) mass is 509 g/mol. The fourth-order valence-corrected chi connectivity index (χ4v) is 11.3. The summed E-state index contributed by atoms with van der Waals surface area (Å²) in [5, 5.41) is 26.1. The summed E-state index contributed by atoms with van der Waals surface area (Å²) >= 11 is 0. The van der Waals surface area contributed by atoms with E-state index >= 15 is 0 Å². The van der Waals surface area contributed by atoms with E-state index in [1.807, 2.05) is 0 Å². The number of piperidine rings is 1. The lowest BCUT2D eigenvalue weighted by atomic mass is 9.42. The zero-order valence-electron chi connectivity index (χ0n) is 22.4. The van der Waals surface area contributed by atoms with Gasteiger partial charge in [0.05, 0.1) is 31.0 Å². The molecule has 0 radical (unpaired) electrons. The van der Waals surface area contributed by atoms with Crippen molar-refractivity contribution >= 4 is 5.97 Å². The first-order valence-electron chi connectivity index (χ1n) is 13.6. The fourth-order valence-electron chi connectivity index (χ4n) is 11.3. The number of likely N-dealkylation sites (N-methyl/N-ethyl adjacent to an activating group) is 1. The first-order valence-corrected chi connectivity index (χ1v) is 13.6. The van der Waals surface area contributed by atoms with Gasteiger partial charge in [-0.05, 0) is 31.7 Å². The molecule has 1 saturated heterocycles. The van der Waals surface area contributed by atoms with Crippen molar-refractivity contribution in [3.8, 4) is 0 Å². The van der Waals surface area contributed by atoms with E-state index in [4.69, 9.17) is 23.7 Å². The lowest BCUT2D eigenvalue weighted by Gasteiger charge is -2.70. The highest BCUT2D eigenvalue weighted by Crippen LogP contribution is 2.80. The number of methoxy groups -OCH3 is 4. The predicted molar refractivity (Wildman–Crippen MR) is 128 cm³/mol. The van der Waals surface area contributed by atoms with E-state index in [-0.39, 0.29) is 53.8 Å². The molecule has 0 unspecified atom stereocenters. The summed E-state index contributed by atoms with van der Waals surface area (Å²) in [5.41, 5.74) is -4.12. The van der Waals surface area contributed by atoms with Crippen molar-refractivity contribution in [2.75, 3.05) is 48.1 Å². The van der Waals surface area contributed by atoms with Crippen LogP contribution in [0.5, 0.6) is 0 Å². The Labute approximate surface area is 213 Å². The Morgan fingerprint density at radius 2 is 1.86 bits per heavy atom. The molecule has 6 rings (SSSR count). The molecule has 0 amide bonds. The van der Waals surface area contributed by atoms with Gasteiger partial charge in [0.2, 0.25) is 0 Å². The molecule has 36 heavy (non-hydrogen) atoms. The predicted octanol–water partition coefficient (Wildman–Crippen LogP) is 0.842. The van der Waals surface area contributed by atoms with Crippen molar-refractivity contribution in [2.24, 2.45) is 34.5 Å². The Kier molecular flexibility index (Phi) is 5.73. The van der Waals surface area contributed by atoms with Gasteiger partial charge in [0, 0.05) is 76.9 Å². The minimum atomic E-state index is -1.71. The Morgan fingerprint density at radius 3 is 2.44 bits per heavy atom. The quantitative estimate of drug-likeness (QED) is 0.483. The Morgan fingerprint density at radius 1 is 1.11 bits per heavy atom. The highest BCUT2D eigenvalue weighted by atomic mass is 16.6. The van der Waals surface area contributed by atoms with Crippen LogP contribution < -0.4 is 0 Å². The third-order valence-electron chi connectivity index (χ3n) is 11.8. The molecule has 1 heterocycles. The lowest BCUT2D eigenvalue weighted by molar-refractivity contribution is -0.320. The highest BCUT2D eigenvalue weighted by molar-refractivity contribution is 5.67. The Bertz CT molecular complexity index is 918. The number of ether oxygens (including phenoxy) is 5. The smallest absolute Gasteiger partial charge is 0.303 e. The van der Waals surface area contributed by atoms with Crippen molar-refractivity contribution in [1.82, 2.24) is 4.90 Å². The minimum Gasteiger partial charge on any atom is -0.459 e. The van der Waals surface area contributed by atoms with Crippen LogP contribution in [0.1, 0.15) is 39.5 Å². The molecule has 0 aromatic heterocycles. The molecule has 1 aliphatic heterocycles. The normalized spacial score (nSPS) is 56.6. The Balaban J connectivity index is 1.69. The molecule has 6 aliphatic rings. The molecule has 9 heteroatoms. The van der Waals surface area contributed by atoms with E-state index in [1.165, 1.54) is 6.92 Å². The highest BCUT2D eigenvalue weighted by Gasteiger charge is 2.92. The number of hydrogen-bond donors (Lipinski definition) is 2. The molecular formula is C27H43NO8. The molecule has 5 saturated carbocycles. The van der Waals surface area contributed by atoms with Gasteiger partial charge < -0.3 is 33.9 Å². The molecule has 6 fully saturated rings. The van der Waals surface area contributed by atoms with Crippen LogP contribution in [0.3, 0.4) is 0 Å². The molecule has 7 bridgehead atoms. The summed E-state index contributed by atoms with van der Waals surface area (Å²) in [6.07, 6.45) is 1.24. The molecular weight excluding hydrogens is 466 g/mol. The van der Waals surface area contributed by atoms with Gasteiger partial charge in [-0.15, -0.1) is 0 Å². The number of carbonyl (C=O) groups excluding carboxylic acids is 1. The molecule has 204 valence electrons. The second-order valence-corrected chi connectivity index (χ2v) is 12.5. The van der Waals surface area contributed by atoms with Gasteiger partial charge in [0.1, 0.15) is 17.3 Å². The number of fused-ring (bicyclic) bond motifs is 2. The number of nitrogens with zero attached hydrogens (tertiary/aromatic N) is 1. The summed E-state index contributed by atoms with van der Waals surface area (Å²) in [6, 6.07) is -0.419.